The highest BCUT2D eigenvalue weighted by Crippen LogP contribution is 2.27. The highest BCUT2D eigenvalue weighted by atomic mass is 16.5. The van der Waals surface area contributed by atoms with E-state index in [1.165, 1.54) is 5.56 Å². The molecule has 0 unspecified atom stereocenters. The van der Waals surface area contributed by atoms with Crippen LogP contribution < -0.4 is 15.0 Å². The summed E-state index contributed by atoms with van der Waals surface area (Å²) >= 11 is 0. The first-order valence-corrected chi connectivity index (χ1v) is 6.78. The molecule has 1 aromatic heterocycles. The second-order valence-electron chi connectivity index (χ2n) is 4.53. The van der Waals surface area contributed by atoms with E-state index in [0.29, 0.717) is 0 Å². The van der Waals surface area contributed by atoms with Crippen molar-refractivity contribution in [3.8, 4) is 5.75 Å². The average molecular weight is 271 g/mol. The Labute approximate surface area is 120 Å². The first-order chi connectivity index (χ1) is 9.76. The maximum absolute atomic E-state index is 5.28. The van der Waals surface area contributed by atoms with E-state index in [1.807, 2.05) is 43.6 Å². The Bertz CT molecular complexity index is 557. The first kappa shape index (κ1) is 14.3. The molecule has 4 nitrogen and oxygen atoms in total. The number of benzene rings is 1. The summed E-state index contributed by atoms with van der Waals surface area (Å²) in [6.07, 6.45) is 1.82. The van der Waals surface area contributed by atoms with E-state index in [-0.39, 0.29) is 0 Å². The zero-order valence-electron chi connectivity index (χ0n) is 12.3. The zero-order chi connectivity index (χ0) is 14.4. The molecule has 0 amide bonds. The molecule has 0 aliphatic heterocycles. The molecule has 4 heteroatoms. The number of nitrogens with one attached hydrogen (secondary N) is 1. The Kier molecular flexibility index (Phi) is 4.96. The van der Waals surface area contributed by atoms with Gasteiger partial charge in [-0.15, -0.1) is 0 Å². The van der Waals surface area contributed by atoms with Gasteiger partial charge in [0.05, 0.1) is 7.11 Å². The normalized spacial score (nSPS) is 10.3. The number of anilines is 2. The number of hydrogen-bond acceptors (Lipinski definition) is 4. The minimum absolute atomic E-state index is 0.813. The monoisotopic (exact) mass is 271 g/mol. The summed E-state index contributed by atoms with van der Waals surface area (Å²) in [6, 6.07) is 12.0. The van der Waals surface area contributed by atoms with Crippen molar-refractivity contribution >= 4 is 11.5 Å². The zero-order valence-corrected chi connectivity index (χ0v) is 12.3. The second-order valence-corrected chi connectivity index (χ2v) is 4.53. The molecule has 0 fully saturated rings. The van der Waals surface area contributed by atoms with Gasteiger partial charge in [-0.05, 0) is 24.7 Å². The summed E-state index contributed by atoms with van der Waals surface area (Å²) < 4.78 is 5.28. The third-order valence-electron chi connectivity index (χ3n) is 3.19. The predicted octanol–water partition coefficient (Wildman–Crippen LogP) is 2.97. The van der Waals surface area contributed by atoms with Crippen LogP contribution in [0.4, 0.5) is 11.5 Å². The van der Waals surface area contributed by atoms with E-state index < -0.39 is 0 Å². The number of hydrogen-bond donors (Lipinski definition) is 1. The van der Waals surface area contributed by atoms with Crippen LogP contribution in [0.2, 0.25) is 0 Å². The Balaban J connectivity index is 2.29. The van der Waals surface area contributed by atoms with Crippen LogP contribution >= 0.6 is 0 Å². The smallest absolute Gasteiger partial charge is 0.137 e. The summed E-state index contributed by atoms with van der Waals surface area (Å²) in [5, 5.41) is 3.34. The number of pyridine rings is 1. The van der Waals surface area contributed by atoms with Crippen LogP contribution in [-0.4, -0.2) is 25.7 Å². The van der Waals surface area contributed by atoms with E-state index in [4.69, 9.17) is 4.74 Å². The highest BCUT2D eigenvalue weighted by molar-refractivity contribution is 5.63. The fraction of sp³-hybridized carbons (Fsp3) is 0.312. The molecule has 0 bridgehead atoms. The standard InChI is InChI=1S/C16H21N3O/c1-4-17-12-13-7-6-10-18-16(13)19(2)14-8-5-9-15(11-14)20-3/h5-11,17H,4,12H2,1-3H3. The fourth-order valence-corrected chi connectivity index (χ4v) is 2.07. The van der Waals surface area contributed by atoms with Crippen molar-refractivity contribution < 1.29 is 4.74 Å². The summed E-state index contributed by atoms with van der Waals surface area (Å²) in [5.74, 6) is 1.81. The van der Waals surface area contributed by atoms with E-state index in [1.54, 1.807) is 7.11 Å². The lowest BCUT2D eigenvalue weighted by Gasteiger charge is -2.21. The third kappa shape index (κ3) is 3.27. The molecule has 0 atom stereocenters. The Morgan fingerprint density at radius 3 is 2.85 bits per heavy atom. The molecule has 0 aliphatic carbocycles. The Hall–Kier alpha value is -2.07. The van der Waals surface area contributed by atoms with Gasteiger partial charge in [-0.2, -0.15) is 0 Å². The molecule has 1 heterocycles. The molecule has 0 saturated carbocycles. The van der Waals surface area contributed by atoms with Gasteiger partial charge in [-0.1, -0.05) is 19.1 Å². The van der Waals surface area contributed by atoms with Crippen LogP contribution in [-0.2, 0) is 6.54 Å². The topological polar surface area (TPSA) is 37.4 Å². The molecule has 1 N–H and O–H groups in total. The van der Waals surface area contributed by atoms with Crippen LogP contribution in [0, 0.1) is 0 Å². The van der Waals surface area contributed by atoms with E-state index >= 15 is 0 Å². The predicted molar refractivity (Wildman–Crippen MR) is 82.7 cm³/mol. The highest BCUT2D eigenvalue weighted by Gasteiger charge is 2.10. The maximum Gasteiger partial charge on any atom is 0.137 e. The lowest BCUT2D eigenvalue weighted by Crippen LogP contribution is -2.18. The van der Waals surface area contributed by atoms with Crippen molar-refractivity contribution in [2.45, 2.75) is 13.5 Å². The van der Waals surface area contributed by atoms with Crippen molar-refractivity contribution in [3.63, 3.8) is 0 Å². The maximum atomic E-state index is 5.28. The van der Waals surface area contributed by atoms with Crippen LogP contribution in [0.25, 0.3) is 0 Å². The van der Waals surface area contributed by atoms with Gasteiger partial charge in [-0.3, -0.25) is 0 Å². The third-order valence-corrected chi connectivity index (χ3v) is 3.19. The molecule has 1 aromatic carbocycles. The van der Waals surface area contributed by atoms with E-state index in [9.17, 15) is 0 Å². The molecular weight excluding hydrogens is 250 g/mol. The molecule has 2 rings (SSSR count). The minimum atomic E-state index is 0.813. The van der Waals surface area contributed by atoms with Gasteiger partial charge in [-0.25, -0.2) is 4.98 Å². The van der Waals surface area contributed by atoms with Crippen molar-refractivity contribution in [1.29, 1.82) is 0 Å². The molecule has 2 aromatic rings. The van der Waals surface area contributed by atoms with Crippen molar-refractivity contribution in [2.75, 3.05) is 25.6 Å². The summed E-state index contributed by atoms with van der Waals surface area (Å²) in [5.41, 5.74) is 2.24. The quantitative estimate of drug-likeness (QED) is 0.876. The average Bonchev–Trinajstić information content (AvgIpc) is 2.52. The van der Waals surface area contributed by atoms with Crippen molar-refractivity contribution in [3.05, 3.63) is 48.2 Å². The SMILES string of the molecule is CCNCc1cccnc1N(C)c1cccc(OC)c1. The van der Waals surface area contributed by atoms with Crippen LogP contribution in [0.1, 0.15) is 12.5 Å². The van der Waals surface area contributed by atoms with Crippen LogP contribution in [0.3, 0.4) is 0 Å². The van der Waals surface area contributed by atoms with Gasteiger partial charge in [0, 0.05) is 37.1 Å². The van der Waals surface area contributed by atoms with E-state index in [2.05, 4.69) is 28.2 Å². The number of rotatable bonds is 6. The van der Waals surface area contributed by atoms with Crippen molar-refractivity contribution in [1.82, 2.24) is 10.3 Å². The molecule has 0 aliphatic rings. The Morgan fingerprint density at radius 1 is 1.25 bits per heavy atom. The molecule has 0 spiro atoms. The first-order valence-electron chi connectivity index (χ1n) is 6.78. The van der Waals surface area contributed by atoms with Gasteiger partial charge < -0.3 is 15.0 Å². The minimum Gasteiger partial charge on any atom is -0.497 e. The Morgan fingerprint density at radius 2 is 2.10 bits per heavy atom. The summed E-state index contributed by atoms with van der Waals surface area (Å²) in [7, 11) is 3.70. The number of aromatic nitrogens is 1. The van der Waals surface area contributed by atoms with Gasteiger partial charge in [0.1, 0.15) is 11.6 Å². The number of nitrogens with zero attached hydrogens (tertiary/aromatic N) is 2. The summed E-state index contributed by atoms with van der Waals surface area (Å²) in [4.78, 5) is 6.59. The number of methoxy groups -OCH3 is 1. The van der Waals surface area contributed by atoms with Gasteiger partial charge in [0.2, 0.25) is 0 Å². The van der Waals surface area contributed by atoms with Crippen LogP contribution in [0.15, 0.2) is 42.6 Å². The lowest BCUT2D eigenvalue weighted by atomic mass is 10.2. The molecule has 0 radical (unpaired) electrons. The number of ether oxygens (including phenoxy) is 1. The summed E-state index contributed by atoms with van der Waals surface area (Å²) in [6.45, 7) is 3.85. The largest absolute Gasteiger partial charge is 0.497 e. The second kappa shape index (κ2) is 6.91. The van der Waals surface area contributed by atoms with Crippen LogP contribution in [0.5, 0.6) is 5.75 Å². The van der Waals surface area contributed by atoms with Gasteiger partial charge in [0.15, 0.2) is 0 Å². The molecule has 0 saturated heterocycles. The van der Waals surface area contributed by atoms with Gasteiger partial charge in [0.25, 0.3) is 0 Å². The molecule has 20 heavy (non-hydrogen) atoms. The molecular formula is C16H21N3O. The van der Waals surface area contributed by atoms with Crippen molar-refractivity contribution in [2.24, 2.45) is 0 Å². The lowest BCUT2D eigenvalue weighted by molar-refractivity contribution is 0.415. The van der Waals surface area contributed by atoms with E-state index in [0.717, 1.165) is 30.3 Å². The molecule has 106 valence electrons. The fourth-order valence-electron chi connectivity index (χ4n) is 2.07. The van der Waals surface area contributed by atoms with Gasteiger partial charge >= 0.3 is 0 Å².